The summed E-state index contributed by atoms with van der Waals surface area (Å²) in [7, 11) is 0. The molecule has 0 unspecified atom stereocenters. The molecule has 3 aliphatic rings. The third-order valence-electron chi connectivity index (χ3n) is 6.85. The van der Waals surface area contributed by atoms with Crippen molar-refractivity contribution in [1.29, 1.82) is 0 Å². The molecule has 3 fully saturated rings. The van der Waals surface area contributed by atoms with Crippen molar-refractivity contribution >= 4 is 0 Å². The minimum atomic E-state index is -1.88. The highest BCUT2D eigenvalue weighted by molar-refractivity contribution is 4.96. The molecule has 224 valence electrons. The van der Waals surface area contributed by atoms with Gasteiger partial charge in [-0.2, -0.15) is 0 Å². The normalized spacial score (nSPS) is 48.2. The lowest BCUT2D eigenvalue weighted by Crippen LogP contribution is -2.66. The second-order valence-electron chi connectivity index (χ2n) is 9.54. The van der Waals surface area contributed by atoms with Crippen LogP contribution in [-0.4, -0.2) is 170 Å². The zero-order valence-corrected chi connectivity index (χ0v) is 20.8. The summed E-state index contributed by atoms with van der Waals surface area (Å²) >= 11 is 0. The van der Waals surface area contributed by atoms with Crippen molar-refractivity contribution in [2.45, 2.75) is 112 Å². The molecule has 0 bridgehead atoms. The molecular weight excluding hydrogens is 520 g/mol. The zero-order valence-electron chi connectivity index (χ0n) is 20.8. The molecule has 10 N–H and O–H groups in total. The third-order valence-corrected chi connectivity index (χ3v) is 6.85. The van der Waals surface area contributed by atoms with Crippen LogP contribution in [0.1, 0.15) is 19.8 Å². The number of hydrogen-bond acceptors (Lipinski definition) is 16. The van der Waals surface area contributed by atoms with E-state index in [0.717, 1.165) is 6.42 Å². The first-order chi connectivity index (χ1) is 18.1. The second-order valence-corrected chi connectivity index (χ2v) is 9.54. The summed E-state index contributed by atoms with van der Waals surface area (Å²) < 4.78 is 32.8. The Bertz CT molecular complexity index is 696. The SMILES string of the molecule is CCCCO[C@@H]1O[C@H](CO)[C@@H](O[C@H]2O[C@H](CO)[C@@H](O[C@H]3O[C@H](CO)[C@@H](O)[C@H](O)[C@H]3O)[C@H](O)[C@H]2O)[C@H](O)[C@H]1O. The minimum Gasteiger partial charge on any atom is -0.394 e. The molecular formula is C22H40O16. The standard InChI is InChI=1S/C22H40O16/c1-2-3-4-33-20-16(31)13(28)18(9(6-24)35-20)38-22-17(32)14(29)19(10(7-25)36-22)37-21-15(30)12(27)11(26)8(5-23)34-21/h8-32H,2-7H2,1H3/t8-,9-,10-,11-,12+,13-,14-,15-,16-,17-,18-,19-,20-,21-,22-/m1/s1. The van der Waals surface area contributed by atoms with Crippen molar-refractivity contribution in [3.63, 3.8) is 0 Å². The molecule has 0 spiro atoms. The maximum atomic E-state index is 10.7. The van der Waals surface area contributed by atoms with E-state index in [2.05, 4.69) is 0 Å². The molecule has 15 atom stereocenters. The lowest BCUT2D eigenvalue weighted by atomic mass is 9.96. The summed E-state index contributed by atoms with van der Waals surface area (Å²) in [5.41, 5.74) is 0. The van der Waals surface area contributed by atoms with E-state index in [4.69, 9.17) is 28.4 Å². The van der Waals surface area contributed by atoms with Crippen LogP contribution in [0.15, 0.2) is 0 Å². The number of aliphatic hydroxyl groups excluding tert-OH is 10. The van der Waals surface area contributed by atoms with Crippen LogP contribution < -0.4 is 0 Å². The fraction of sp³-hybridized carbons (Fsp3) is 1.00. The van der Waals surface area contributed by atoms with Gasteiger partial charge in [-0.25, -0.2) is 0 Å². The number of rotatable bonds is 11. The van der Waals surface area contributed by atoms with E-state index in [9.17, 15) is 51.1 Å². The quantitative estimate of drug-likeness (QED) is 0.106. The Hall–Kier alpha value is -0.640. The molecule has 0 aliphatic carbocycles. The van der Waals surface area contributed by atoms with Gasteiger partial charge in [-0.3, -0.25) is 0 Å². The Morgan fingerprint density at radius 2 is 0.947 bits per heavy atom. The molecule has 0 aromatic heterocycles. The van der Waals surface area contributed by atoms with Crippen molar-refractivity contribution in [3.05, 3.63) is 0 Å². The van der Waals surface area contributed by atoms with Gasteiger partial charge in [0.2, 0.25) is 0 Å². The van der Waals surface area contributed by atoms with Gasteiger partial charge < -0.3 is 79.5 Å². The lowest BCUT2D eigenvalue weighted by Gasteiger charge is -2.48. The Labute approximate surface area is 218 Å². The maximum absolute atomic E-state index is 10.7. The smallest absolute Gasteiger partial charge is 0.187 e. The van der Waals surface area contributed by atoms with Crippen LogP contribution in [0.2, 0.25) is 0 Å². The lowest BCUT2D eigenvalue weighted by molar-refractivity contribution is -0.379. The van der Waals surface area contributed by atoms with E-state index in [1.807, 2.05) is 6.92 Å². The molecule has 0 aromatic carbocycles. The van der Waals surface area contributed by atoms with Crippen molar-refractivity contribution in [2.24, 2.45) is 0 Å². The van der Waals surface area contributed by atoms with Gasteiger partial charge in [0.1, 0.15) is 73.2 Å². The van der Waals surface area contributed by atoms with Crippen molar-refractivity contribution in [1.82, 2.24) is 0 Å². The molecule has 3 saturated heterocycles. The average Bonchev–Trinajstić information content (AvgIpc) is 2.91. The fourth-order valence-electron chi connectivity index (χ4n) is 4.52. The van der Waals surface area contributed by atoms with Crippen LogP contribution in [0.4, 0.5) is 0 Å². The van der Waals surface area contributed by atoms with E-state index in [-0.39, 0.29) is 6.61 Å². The topological polar surface area (TPSA) is 258 Å². The van der Waals surface area contributed by atoms with Gasteiger partial charge in [-0.05, 0) is 6.42 Å². The van der Waals surface area contributed by atoms with Crippen LogP contribution in [0, 0.1) is 0 Å². The van der Waals surface area contributed by atoms with Gasteiger partial charge in [0.25, 0.3) is 0 Å². The number of ether oxygens (including phenoxy) is 6. The minimum absolute atomic E-state index is 0.235. The summed E-state index contributed by atoms with van der Waals surface area (Å²) in [6.45, 7) is -0.0295. The monoisotopic (exact) mass is 560 g/mol. The van der Waals surface area contributed by atoms with Crippen molar-refractivity contribution in [2.75, 3.05) is 26.4 Å². The summed E-state index contributed by atoms with van der Waals surface area (Å²) in [6.07, 6.45) is -22.3. The molecule has 38 heavy (non-hydrogen) atoms. The van der Waals surface area contributed by atoms with Crippen LogP contribution >= 0.6 is 0 Å². The fourth-order valence-corrected chi connectivity index (χ4v) is 4.52. The Morgan fingerprint density at radius 3 is 1.42 bits per heavy atom. The maximum Gasteiger partial charge on any atom is 0.187 e. The van der Waals surface area contributed by atoms with Crippen LogP contribution in [0.5, 0.6) is 0 Å². The van der Waals surface area contributed by atoms with E-state index < -0.39 is 112 Å². The molecule has 16 heteroatoms. The summed E-state index contributed by atoms with van der Waals surface area (Å²) in [6, 6.07) is 0. The van der Waals surface area contributed by atoms with Crippen LogP contribution in [0.25, 0.3) is 0 Å². The third kappa shape index (κ3) is 6.80. The van der Waals surface area contributed by atoms with Crippen molar-refractivity contribution in [3.8, 4) is 0 Å². The number of unbranched alkanes of at least 4 members (excludes halogenated alkanes) is 1. The zero-order chi connectivity index (χ0) is 28.1. The number of hydrogen-bond donors (Lipinski definition) is 10. The van der Waals surface area contributed by atoms with E-state index >= 15 is 0 Å². The summed E-state index contributed by atoms with van der Waals surface area (Å²) in [5.74, 6) is 0. The molecule has 16 nitrogen and oxygen atoms in total. The molecule has 0 aromatic rings. The van der Waals surface area contributed by atoms with E-state index in [0.29, 0.717) is 6.42 Å². The van der Waals surface area contributed by atoms with E-state index in [1.54, 1.807) is 0 Å². The summed E-state index contributed by atoms with van der Waals surface area (Å²) in [5, 5.41) is 102. The Kier molecular flexibility index (Phi) is 12.0. The first-order valence-electron chi connectivity index (χ1n) is 12.6. The van der Waals surface area contributed by atoms with Gasteiger partial charge in [0.05, 0.1) is 19.8 Å². The highest BCUT2D eigenvalue weighted by atomic mass is 16.8. The first kappa shape index (κ1) is 31.9. The van der Waals surface area contributed by atoms with Crippen LogP contribution in [-0.2, 0) is 28.4 Å². The van der Waals surface area contributed by atoms with Gasteiger partial charge in [0, 0.05) is 6.61 Å². The van der Waals surface area contributed by atoms with Gasteiger partial charge in [-0.15, -0.1) is 0 Å². The van der Waals surface area contributed by atoms with Gasteiger partial charge in [0.15, 0.2) is 18.9 Å². The predicted octanol–water partition coefficient (Wildman–Crippen LogP) is -5.75. The molecule has 0 radical (unpaired) electrons. The van der Waals surface area contributed by atoms with Crippen LogP contribution in [0.3, 0.4) is 0 Å². The summed E-state index contributed by atoms with van der Waals surface area (Å²) in [4.78, 5) is 0. The molecule has 3 rings (SSSR count). The molecule has 3 aliphatic heterocycles. The highest BCUT2D eigenvalue weighted by Crippen LogP contribution is 2.32. The number of aliphatic hydroxyl groups is 10. The highest BCUT2D eigenvalue weighted by Gasteiger charge is 2.53. The van der Waals surface area contributed by atoms with Crippen molar-refractivity contribution < 1.29 is 79.5 Å². The van der Waals surface area contributed by atoms with Gasteiger partial charge >= 0.3 is 0 Å². The molecule has 3 heterocycles. The Morgan fingerprint density at radius 1 is 0.526 bits per heavy atom. The first-order valence-corrected chi connectivity index (χ1v) is 12.6. The average molecular weight is 561 g/mol. The van der Waals surface area contributed by atoms with Gasteiger partial charge in [-0.1, -0.05) is 13.3 Å². The van der Waals surface area contributed by atoms with E-state index in [1.165, 1.54) is 0 Å². The largest absolute Gasteiger partial charge is 0.394 e. The second kappa shape index (κ2) is 14.3. The predicted molar refractivity (Wildman–Crippen MR) is 120 cm³/mol. The Balaban J connectivity index is 1.68. The molecule has 0 amide bonds. The molecule has 0 saturated carbocycles.